The molecule has 178 valence electrons. The first-order valence-electron chi connectivity index (χ1n) is 11.4. The van der Waals surface area contributed by atoms with Crippen LogP contribution in [0.25, 0.3) is 0 Å². The molecule has 1 aliphatic heterocycles. The van der Waals surface area contributed by atoms with Gasteiger partial charge in [0.25, 0.3) is 0 Å². The number of carbonyl (C=O) groups is 2. The molecule has 0 saturated carbocycles. The minimum absolute atomic E-state index is 0.0156. The number of nitrogens with zero attached hydrogens (tertiary/aromatic N) is 2. The Kier molecular flexibility index (Phi) is 7.69. The first kappa shape index (κ1) is 24.4. The molecule has 0 saturated heterocycles. The molecule has 1 atom stereocenters. The monoisotopic (exact) mass is 498 g/mol. The Morgan fingerprint density at radius 3 is 2.50 bits per heavy atom. The van der Waals surface area contributed by atoms with Crippen molar-refractivity contribution >= 4 is 34.8 Å². The van der Waals surface area contributed by atoms with Crippen molar-refractivity contribution in [2.75, 3.05) is 19.6 Å². The van der Waals surface area contributed by atoms with Crippen molar-refractivity contribution in [1.82, 2.24) is 9.80 Å². The maximum atomic E-state index is 13.6. The molecule has 7 heteroatoms. The Balaban J connectivity index is 1.56. The Morgan fingerprint density at radius 2 is 1.82 bits per heavy atom. The Bertz CT molecular complexity index is 1140. The fourth-order valence-corrected chi connectivity index (χ4v) is 5.46. The Labute approximate surface area is 209 Å². The van der Waals surface area contributed by atoms with Crippen LogP contribution < -0.4 is 0 Å². The average Bonchev–Trinajstić information content (AvgIpc) is 3.29. The summed E-state index contributed by atoms with van der Waals surface area (Å²) in [7, 11) is 0. The summed E-state index contributed by atoms with van der Waals surface area (Å²) in [6.07, 6.45) is 0.937. The van der Waals surface area contributed by atoms with Crippen LogP contribution in [0.15, 0.2) is 60.0 Å². The molecule has 34 heavy (non-hydrogen) atoms. The summed E-state index contributed by atoms with van der Waals surface area (Å²) < 4.78 is 13.3. The van der Waals surface area contributed by atoms with Gasteiger partial charge in [0, 0.05) is 23.0 Å². The summed E-state index contributed by atoms with van der Waals surface area (Å²) in [5.74, 6) is -0.340. The highest BCUT2D eigenvalue weighted by molar-refractivity contribution is 7.10. The molecule has 2 amide bonds. The number of fused-ring (bicyclic) bond motifs is 1. The van der Waals surface area contributed by atoms with Crippen LogP contribution in [0, 0.1) is 11.7 Å². The summed E-state index contributed by atoms with van der Waals surface area (Å²) in [4.78, 5) is 31.6. The minimum atomic E-state index is -0.337. The second-order valence-corrected chi connectivity index (χ2v) is 10.5. The van der Waals surface area contributed by atoms with Gasteiger partial charge in [-0.2, -0.15) is 0 Å². The number of carbonyl (C=O) groups excluding carboxylic acids is 2. The third-order valence-electron chi connectivity index (χ3n) is 6.00. The predicted molar refractivity (Wildman–Crippen MR) is 135 cm³/mol. The van der Waals surface area contributed by atoms with Gasteiger partial charge in [0.05, 0.1) is 19.0 Å². The molecule has 4 nitrogen and oxygen atoms in total. The molecule has 0 fully saturated rings. The van der Waals surface area contributed by atoms with Crippen molar-refractivity contribution in [3.63, 3.8) is 0 Å². The van der Waals surface area contributed by atoms with Gasteiger partial charge < -0.3 is 9.80 Å². The number of halogens is 2. The molecule has 1 unspecified atom stereocenters. The summed E-state index contributed by atoms with van der Waals surface area (Å²) in [5.41, 5.74) is 2.87. The van der Waals surface area contributed by atoms with Gasteiger partial charge >= 0.3 is 0 Å². The van der Waals surface area contributed by atoms with Crippen LogP contribution in [0.2, 0.25) is 5.02 Å². The number of benzene rings is 2. The van der Waals surface area contributed by atoms with E-state index in [1.165, 1.54) is 17.0 Å². The maximum Gasteiger partial charge on any atom is 0.242 e. The molecule has 4 rings (SSSR count). The smallest absolute Gasteiger partial charge is 0.242 e. The normalized spacial score (nSPS) is 15.3. The molecule has 0 aliphatic carbocycles. The van der Waals surface area contributed by atoms with Gasteiger partial charge in [-0.05, 0) is 64.7 Å². The lowest BCUT2D eigenvalue weighted by atomic mass is 9.93. The van der Waals surface area contributed by atoms with E-state index in [0.717, 1.165) is 23.1 Å². The van der Waals surface area contributed by atoms with Gasteiger partial charge in [-0.3, -0.25) is 9.59 Å². The van der Waals surface area contributed by atoms with Crippen molar-refractivity contribution in [2.24, 2.45) is 5.92 Å². The SMILES string of the molecule is CC(C)CN(CC(=O)N1CCc2sccc2C1c1ccc(Cl)cc1)C(=O)Cc1ccc(F)cc1. The number of amides is 2. The topological polar surface area (TPSA) is 40.6 Å². The third kappa shape index (κ3) is 5.68. The highest BCUT2D eigenvalue weighted by Gasteiger charge is 2.34. The maximum absolute atomic E-state index is 13.6. The van der Waals surface area contributed by atoms with Crippen LogP contribution in [0.3, 0.4) is 0 Å². The molecule has 1 aliphatic rings. The van der Waals surface area contributed by atoms with E-state index in [1.54, 1.807) is 28.4 Å². The van der Waals surface area contributed by atoms with Gasteiger partial charge in [-0.25, -0.2) is 4.39 Å². The van der Waals surface area contributed by atoms with E-state index in [1.807, 2.05) is 43.0 Å². The predicted octanol–water partition coefficient (Wildman–Crippen LogP) is 5.74. The highest BCUT2D eigenvalue weighted by atomic mass is 35.5. The summed E-state index contributed by atoms with van der Waals surface area (Å²) in [5, 5.41) is 2.72. The molecule has 2 aromatic carbocycles. The molecular formula is C27H28ClFN2O2S. The second kappa shape index (κ2) is 10.7. The lowest BCUT2D eigenvalue weighted by Crippen LogP contribution is -2.47. The van der Waals surface area contributed by atoms with Gasteiger partial charge in [0.1, 0.15) is 5.82 Å². The lowest BCUT2D eigenvalue weighted by molar-refractivity contribution is -0.141. The summed E-state index contributed by atoms with van der Waals surface area (Å²) >= 11 is 7.83. The van der Waals surface area contributed by atoms with E-state index in [2.05, 4.69) is 11.4 Å². The van der Waals surface area contributed by atoms with Crippen LogP contribution in [-0.4, -0.2) is 41.2 Å². The van der Waals surface area contributed by atoms with E-state index in [4.69, 9.17) is 11.6 Å². The molecule has 1 aromatic heterocycles. The van der Waals surface area contributed by atoms with Crippen molar-refractivity contribution in [3.8, 4) is 0 Å². The average molecular weight is 499 g/mol. The van der Waals surface area contributed by atoms with Crippen LogP contribution in [0.1, 0.15) is 41.5 Å². The standard InChI is InChI=1S/C27H28ClFN2O2S/c1-18(2)16-30(25(32)15-19-3-9-22(29)10-4-19)17-26(33)31-13-11-24-23(12-14-34-24)27(31)20-5-7-21(28)8-6-20/h3-10,12,14,18,27H,11,13,15-17H2,1-2H3. The Hall–Kier alpha value is -2.70. The molecule has 0 N–H and O–H groups in total. The quantitative estimate of drug-likeness (QED) is 0.416. The third-order valence-corrected chi connectivity index (χ3v) is 7.25. The van der Waals surface area contributed by atoms with Crippen molar-refractivity contribution < 1.29 is 14.0 Å². The molecule has 0 radical (unpaired) electrons. The van der Waals surface area contributed by atoms with Crippen LogP contribution in [0.5, 0.6) is 0 Å². The van der Waals surface area contributed by atoms with Crippen molar-refractivity contribution in [3.05, 3.63) is 92.4 Å². The largest absolute Gasteiger partial charge is 0.333 e. The number of rotatable bonds is 7. The first-order valence-corrected chi connectivity index (χ1v) is 12.7. The zero-order valence-electron chi connectivity index (χ0n) is 19.3. The number of hydrogen-bond acceptors (Lipinski definition) is 3. The summed E-state index contributed by atoms with van der Waals surface area (Å²) in [6.45, 7) is 5.15. The minimum Gasteiger partial charge on any atom is -0.333 e. The van der Waals surface area contributed by atoms with Crippen LogP contribution in [0.4, 0.5) is 4.39 Å². The van der Waals surface area contributed by atoms with Gasteiger partial charge in [0.15, 0.2) is 0 Å². The molecule has 0 spiro atoms. The Morgan fingerprint density at radius 1 is 1.12 bits per heavy atom. The van der Waals surface area contributed by atoms with E-state index < -0.39 is 0 Å². The fraction of sp³-hybridized carbons (Fsp3) is 0.333. The van der Waals surface area contributed by atoms with Gasteiger partial charge in [-0.1, -0.05) is 49.7 Å². The van der Waals surface area contributed by atoms with E-state index in [0.29, 0.717) is 18.1 Å². The zero-order valence-corrected chi connectivity index (χ0v) is 20.9. The molecule has 3 aromatic rings. The molecular weight excluding hydrogens is 471 g/mol. The van der Waals surface area contributed by atoms with Crippen molar-refractivity contribution in [2.45, 2.75) is 32.7 Å². The van der Waals surface area contributed by atoms with Crippen LogP contribution in [-0.2, 0) is 22.4 Å². The molecule has 2 heterocycles. The fourth-order valence-electron chi connectivity index (χ4n) is 4.43. The van der Waals surface area contributed by atoms with E-state index in [9.17, 15) is 14.0 Å². The number of hydrogen-bond donors (Lipinski definition) is 0. The van der Waals surface area contributed by atoms with Gasteiger partial charge in [-0.15, -0.1) is 11.3 Å². The van der Waals surface area contributed by atoms with Gasteiger partial charge in [0.2, 0.25) is 11.8 Å². The van der Waals surface area contributed by atoms with E-state index in [-0.39, 0.29) is 42.6 Å². The zero-order chi connectivity index (χ0) is 24.2. The highest BCUT2D eigenvalue weighted by Crippen LogP contribution is 2.38. The lowest BCUT2D eigenvalue weighted by Gasteiger charge is -2.38. The van der Waals surface area contributed by atoms with Crippen LogP contribution >= 0.6 is 22.9 Å². The van der Waals surface area contributed by atoms with E-state index >= 15 is 0 Å². The number of thiophene rings is 1. The van der Waals surface area contributed by atoms with Crippen molar-refractivity contribution in [1.29, 1.82) is 0 Å². The first-order chi connectivity index (χ1) is 16.3. The molecule has 0 bridgehead atoms. The second-order valence-electron chi connectivity index (χ2n) is 9.06. The summed E-state index contributed by atoms with van der Waals surface area (Å²) in [6, 6.07) is 15.4.